The number of hydrogen-bond donors (Lipinski definition) is 0. The summed E-state index contributed by atoms with van der Waals surface area (Å²) in [5.74, 6) is 0.635. The summed E-state index contributed by atoms with van der Waals surface area (Å²) >= 11 is 0. The molecule has 0 fully saturated rings. The summed E-state index contributed by atoms with van der Waals surface area (Å²) < 4.78 is 24.6. The number of imidazole rings is 1. The van der Waals surface area contributed by atoms with Crippen LogP contribution in [0.5, 0.6) is 0 Å². The Balaban J connectivity index is 2.18. The fourth-order valence-electron chi connectivity index (χ4n) is 1.93. The van der Waals surface area contributed by atoms with Gasteiger partial charge in [0.05, 0.1) is 11.3 Å². The van der Waals surface area contributed by atoms with Gasteiger partial charge in [0.2, 0.25) is 0 Å². The highest BCUT2D eigenvalue weighted by Crippen LogP contribution is 2.12. The molecule has 1 aromatic heterocycles. The van der Waals surface area contributed by atoms with Gasteiger partial charge in [-0.1, -0.05) is 12.1 Å². The van der Waals surface area contributed by atoms with Crippen LogP contribution in [0.3, 0.4) is 0 Å². The van der Waals surface area contributed by atoms with Crippen molar-refractivity contribution in [1.82, 2.24) is 9.55 Å². The van der Waals surface area contributed by atoms with Crippen molar-refractivity contribution >= 4 is 15.6 Å². The Morgan fingerprint density at radius 3 is 2.45 bits per heavy atom. The first-order valence-electron chi connectivity index (χ1n) is 6.25. The fraction of sp³-hybridized carbons (Fsp3) is 0.286. The number of ketones is 1. The summed E-state index contributed by atoms with van der Waals surface area (Å²) in [7, 11) is -3.23. The molecule has 2 aromatic rings. The normalized spacial score (nSPS) is 11.5. The van der Waals surface area contributed by atoms with Crippen molar-refractivity contribution in [2.45, 2.75) is 24.8 Å². The van der Waals surface area contributed by atoms with Crippen LogP contribution < -0.4 is 0 Å². The van der Waals surface area contributed by atoms with E-state index in [0.717, 1.165) is 12.8 Å². The van der Waals surface area contributed by atoms with E-state index in [4.69, 9.17) is 0 Å². The molecule has 20 heavy (non-hydrogen) atoms. The highest BCUT2D eigenvalue weighted by atomic mass is 32.2. The lowest BCUT2D eigenvalue weighted by Crippen LogP contribution is -2.10. The number of benzene rings is 1. The average molecular weight is 292 g/mol. The van der Waals surface area contributed by atoms with Crippen molar-refractivity contribution in [1.29, 1.82) is 0 Å². The molecule has 0 spiro atoms. The lowest BCUT2D eigenvalue weighted by Gasteiger charge is -2.05. The van der Waals surface area contributed by atoms with E-state index in [0.29, 0.717) is 11.4 Å². The van der Waals surface area contributed by atoms with E-state index in [1.165, 1.54) is 24.3 Å². The van der Waals surface area contributed by atoms with Crippen molar-refractivity contribution in [2.24, 2.45) is 0 Å². The van der Waals surface area contributed by atoms with Crippen molar-refractivity contribution in [2.75, 3.05) is 6.26 Å². The third-order valence-electron chi connectivity index (χ3n) is 3.07. The Bertz CT molecular complexity index is 715. The van der Waals surface area contributed by atoms with E-state index in [9.17, 15) is 13.2 Å². The predicted octanol–water partition coefficient (Wildman–Crippen LogP) is 1.73. The number of aryl methyl sites for hydroxylation is 1. The van der Waals surface area contributed by atoms with Gasteiger partial charge in [0.15, 0.2) is 15.6 Å². The van der Waals surface area contributed by atoms with Crippen LogP contribution >= 0.6 is 0 Å². The minimum Gasteiger partial charge on any atom is -0.335 e. The molecular weight excluding hydrogens is 276 g/mol. The van der Waals surface area contributed by atoms with Gasteiger partial charge >= 0.3 is 0 Å². The second-order valence-electron chi connectivity index (χ2n) is 4.53. The summed E-state index contributed by atoms with van der Waals surface area (Å²) in [5, 5.41) is 0. The molecule has 0 N–H and O–H groups in total. The highest BCUT2D eigenvalue weighted by molar-refractivity contribution is 7.90. The van der Waals surface area contributed by atoms with Crippen molar-refractivity contribution in [3.63, 3.8) is 0 Å². The van der Waals surface area contributed by atoms with E-state index < -0.39 is 9.84 Å². The van der Waals surface area contributed by atoms with Crippen LogP contribution in [0.4, 0.5) is 0 Å². The van der Waals surface area contributed by atoms with E-state index in [1.54, 1.807) is 6.20 Å². The number of Topliss-reactive ketones (excluding diaryl/α,β-unsaturated/α-hetero) is 1. The Kier molecular flexibility index (Phi) is 4.04. The Hall–Kier alpha value is -1.95. The molecule has 0 saturated carbocycles. The molecule has 0 amide bonds. The molecule has 0 aliphatic rings. The average Bonchev–Trinajstić information content (AvgIpc) is 2.85. The molecule has 2 rings (SSSR count). The lowest BCUT2D eigenvalue weighted by molar-refractivity contribution is 0.0989. The van der Waals surface area contributed by atoms with Gasteiger partial charge in [-0.25, -0.2) is 13.4 Å². The molecule has 0 unspecified atom stereocenters. The molecule has 6 heteroatoms. The van der Waals surface area contributed by atoms with Crippen LogP contribution in [-0.2, 0) is 22.8 Å². The van der Waals surface area contributed by atoms with Gasteiger partial charge in [-0.2, -0.15) is 0 Å². The van der Waals surface area contributed by atoms with Crippen LogP contribution in [0.25, 0.3) is 0 Å². The van der Waals surface area contributed by atoms with Gasteiger partial charge in [0, 0.05) is 30.8 Å². The van der Waals surface area contributed by atoms with E-state index in [2.05, 4.69) is 4.98 Å². The standard InChI is InChI=1S/C14H16N2O3S/c1-3-16-9-8-15-14(16)10-13(17)11-4-6-12(7-5-11)20(2,18)19/h4-9H,3,10H2,1-2H3. The van der Waals surface area contributed by atoms with Gasteiger partial charge < -0.3 is 4.57 Å². The molecule has 0 radical (unpaired) electrons. The maximum atomic E-state index is 12.1. The Morgan fingerprint density at radius 1 is 1.25 bits per heavy atom. The van der Waals surface area contributed by atoms with Crippen molar-refractivity contribution in [3.05, 3.63) is 48.0 Å². The molecule has 0 saturated heterocycles. The van der Waals surface area contributed by atoms with Crippen LogP contribution in [0.15, 0.2) is 41.6 Å². The topological polar surface area (TPSA) is 69.0 Å². The molecular formula is C14H16N2O3S. The number of aromatic nitrogens is 2. The summed E-state index contributed by atoms with van der Waals surface area (Å²) in [6.07, 6.45) is 4.84. The molecule has 1 heterocycles. The monoisotopic (exact) mass is 292 g/mol. The van der Waals surface area contributed by atoms with E-state index in [1.807, 2.05) is 17.7 Å². The van der Waals surface area contributed by atoms with Gasteiger partial charge in [0.1, 0.15) is 5.82 Å². The smallest absolute Gasteiger partial charge is 0.175 e. The Morgan fingerprint density at radius 2 is 1.90 bits per heavy atom. The van der Waals surface area contributed by atoms with E-state index in [-0.39, 0.29) is 17.1 Å². The number of rotatable bonds is 5. The maximum absolute atomic E-state index is 12.1. The van der Waals surface area contributed by atoms with Gasteiger partial charge in [-0.15, -0.1) is 0 Å². The zero-order valence-electron chi connectivity index (χ0n) is 11.4. The molecule has 1 aromatic carbocycles. The maximum Gasteiger partial charge on any atom is 0.175 e. The first kappa shape index (κ1) is 14.5. The van der Waals surface area contributed by atoms with Crippen molar-refractivity contribution < 1.29 is 13.2 Å². The third kappa shape index (κ3) is 3.14. The van der Waals surface area contributed by atoms with Crippen LogP contribution in [0, 0.1) is 0 Å². The van der Waals surface area contributed by atoms with Crippen LogP contribution in [-0.4, -0.2) is 30.0 Å². The first-order valence-corrected chi connectivity index (χ1v) is 8.14. The Labute approximate surface area is 118 Å². The zero-order chi connectivity index (χ0) is 14.8. The summed E-state index contributed by atoms with van der Waals surface area (Å²) in [4.78, 5) is 16.5. The molecule has 0 aliphatic heterocycles. The predicted molar refractivity (Wildman–Crippen MR) is 75.5 cm³/mol. The van der Waals surface area contributed by atoms with Gasteiger partial charge in [0.25, 0.3) is 0 Å². The minimum absolute atomic E-state index is 0.0778. The summed E-state index contributed by atoms with van der Waals surface area (Å²) in [5.41, 5.74) is 0.489. The number of sulfone groups is 1. The number of carbonyl (C=O) groups excluding carboxylic acids is 1. The molecule has 5 nitrogen and oxygen atoms in total. The van der Waals surface area contributed by atoms with Gasteiger partial charge in [-0.05, 0) is 19.1 Å². The third-order valence-corrected chi connectivity index (χ3v) is 4.19. The number of carbonyl (C=O) groups is 1. The molecule has 106 valence electrons. The van der Waals surface area contributed by atoms with Crippen molar-refractivity contribution in [3.8, 4) is 0 Å². The number of nitrogens with zero attached hydrogens (tertiary/aromatic N) is 2. The zero-order valence-corrected chi connectivity index (χ0v) is 12.2. The summed E-state index contributed by atoms with van der Waals surface area (Å²) in [6, 6.07) is 5.99. The molecule has 0 atom stereocenters. The first-order chi connectivity index (χ1) is 9.41. The minimum atomic E-state index is -3.23. The largest absolute Gasteiger partial charge is 0.335 e. The summed E-state index contributed by atoms with van der Waals surface area (Å²) in [6.45, 7) is 2.74. The lowest BCUT2D eigenvalue weighted by atomic mass is 10.1. The quantitative estimate of drug-likeness (QED) is 0.787. The second kappa shape index (κ2) is 5.58. The fourth-order valence-corrected chi connectivity index (χ4v) is 2.56. The van der Waals surface area contributed by atoms with Gasteiger partial charge in [-0.3, -0.25) is 4.79 Å². The van der Waals surface area contributed by atoms with Crippen LogP contribution in [0.2, 0.25) is 0 Å². The SMILES string of the molecule is CCn1ccnc1CC(=O)c1ccc(S(C)(=O)=O)cc1. The second-order valence-corrected chi connectivity index (χ2v) is 6.54. The van der Waals surface area contributed by atoms with E-state index >= 15 is 0 Å². The highest BCUT2D eigenvalue weighted by Gasteiger charge is 2.12. The molecule has 0 bridgehead atoms. The van der Waals surface area contributed by atoms with Crippen LogP contribution in [0.1, 0.15) is 23.1 Å². The number of hydrogen-bond acceptors (Lipinski definition) is 4. The molecule has 0 aliphatic carbocycles.